The normalized spacial score (nSPS) is 17.6. The van der Waals surface area contributed by atoms with Gasteiger partial charge >= 0.3 is 0 Å². The van der Waals surface area contributed by atoms with Gasteiger partial charge in [0.05, 0.1) is 23.2 Å². The van der Waals surface area contributed by atoms with Crippen LogP contribution in [0.2, 0.25) is 0 Å². The molecule has 142 valence electrons. The first-order valence-corrected chi connectivity index (χ1v) is 10.3. The summed E-state index contributed by atoms with van der Waals surface area (Å²) in [5.74, 6) is 0.0989. The lowest BCUT2D eigenvalue weighted by Gasteiger charge is -2.48. The van der Waals surface area contributed by atoms with E-state index in [0.717, 1.165) is 22.3 Å². The molecule has 0 spiro atoms. The largest absolute Gasteiger partial charge is 0.346 e. The van der Waals surface area contributed by atoms with Gasteiger partial charge in [0.1, 0.15) is 12.0 Å². The van der Waals surface area contributed by atoms with Gasteiger partial charge in [-0.05, 0) is 13.0 Å². The Hall–Kier alpha value is -2.59. The van der Waals surface area contributed by atoms with Crippen LogP contribution in [0.1, 0.15) is 13.3 Å². The van der Waals surface area contributed by atoms with Crippen LogP contribution in [0.5, 0.6) is 0 Å². The number of sulfonamides is 1. The minimum absolute atomic E-state index is 0.0989. The zero-order valence-corrected chi connectivity index (χ0v) is 16.0. The minimum Gasteiger partial charge on any atom is -0.346 e. The van der Waals surface area contributed by atoms with Crippen LogP contribution in [0.15, 0.2) is 36.0 Å². The highest BCUT2D eigenvalue weighted by Gasteiger charge is 2.49. The zero-order chi connectivity index (χ0) is 19.1. The molecule has 0 aliphatic carbocycles. The highest BCUT2D eigenvalue weighted by Crippen LogP contribution is 2.35. The summed E-state index contributed by atoms with van der Waals surface area (Å²) in [6, 6.07) is 1.93. The number of rotatable bonds is 6. The predicted octanol–water partition coefficient (Wildman–Crippen LogP) is 1.27. The van der Waals surface area contributed by atoms with E-state index in [1.165, 1.54) is 10.6 Å². The van der Waals surface area contributed by atoms with Crippen LogP contribution in [0, 0.1) is 0 Å². The van der Waals surface area contributed by atoms with Crippen molar-refractivity contribution < 1.29 is 8.42 Å². The Morgan fingerprint density at radius 2 is 2.19 bits per heavy atom. The molecule has 1 aliphatic rings. The van der Waals surface area contributed by atoms with Crippen molar-refractivity contribution >= 4 is 27.3 Å². The maximum Gasteiger partial charge on any atom is 0.213 e. The second-order valence-corrected chi connectivity index (χ2v) is 8.93. The van der Waals surface area contributed by atoms with Crippen molar-refractivity contribution in [2.45, 2.75) is 18.9 Å². The Kier molecular flexibility index (Phi) is 4.31. The van der Waals surface area contributed by atoms with Crippen LogP contribution >= 0.6 is 0 Å². The molecule has 4 heterocycles. The van der Waals surface area contributed by atoms with Gasteiger partial charge in [0.15, 0.2) is 0 Å². The van der Waals surface area contributed by atoms with Crippen LogP contribution in [0.3, 0.4) is 0 Å². The number of hydrogen-bond acceptors (Lipinski definition) is 6. The summed E-state index contributed by atoms with van der Waals surface area (Å²) in [5, 5.41) is 5.46. The zero-order valence-electron chi connectivity index (χ0n) is 15.2. The second-order valence-electron chi connectivity index (χ2n) is 6.67. The lowest BCUT2D eigenvalue weighted by molar-refractivity contribution is 0.0755. The molecule has 1 fully saturated rings. The predicted molar refractivity (Wildman–Crippen MR) is 103 cm³/mol. The molecule has 1 N–H and O–H groups in total. The van der Waals surface area contributed by atoms with Gasteiger partial charge in [0.25, 0.3) is 0 Å². The van der Waals surface area contributed by atoms with Crippen molar-refractivity contribution in [3.8, 4) is 11.3 Å². The number of nitrogens with one attached hydrogen (secondary N) is 1. The number of aromatic nitrogens is 5. The summed E-state index contributed by atoms with van der Waals surface area (Å²) in [7, 11) is -1.50. The molecule has 3 aromatic heterocycles. The van der Waals surface area contributed by atoms with Crippen LogP contribution in [-0.4, -0.2) is 69.6 Å². The summed E-state index contributed by atoms with van der Waals surface area (Å²) in [6.45, 7) is 2.44. The van der Waals surface area contributed by atoms with Gasteiger partial charge in [-0.15, -0.1) is 0 Å². The Morgan fingerprint density at radius 1 is 1.37 bits per heavy atom. The van der Waals surface area contributed by atoms with Gasteiger partial charge in [-0.2, -0.15) is 9.40 Å². The molecule has 0 radical (unpaired) electrons. The van der Waals surface area contributed by atoms with Crippen LogP contribution in [-0.2, 0) is 15.6 Å². The molecule has 3 aromatic rings. The Bertz CT molecular complexity index is 1090. The van der Waals surface area contributed by atoms with Crippen LogP contribution < -0.4 is 0 Å². The SMILES string of the molecule is CCS(=O)(=O)N1CC(C/C=N\C)(n2cc(-c3ncnc4[nH]ccc34)cn2)C1. The average molecular weight is 387 g/mol. The number of nitrogens with zero attached hydrogens (tertiary/aromatic N) is 6. The van der Waals surface area contributed by atoms with Gasteiger partial charge in [0, 0.05) is 56.1 Å². The third-order valence-electron chi connectivity index (χ3n) is 5.05. The van der Waals surface area contributed by atoms with Gasteiger partial charge in [-0.3, -0.25) is 4.68 Å². The highest BCUT2D eigenvalue weighted by atomic mass is 32.2. The standard InChI is InChI=1S/C17H21N7O2S/c1-3-27(25,26)23-10-17(11-23,5-7-18-2)24-9-13(8-22-24)15-14-4-6-19-16(14)21-12-20-15/h4,6-9,12H,3,5,10-11H2,1-2H3,(H,19,20,21)/b18-7-. The molecule has 1 aliphatic heterocycles. The van der Waals surface area contributed by atoms with E-state index in [1.54, 1.807) is 20.2 Å². The third kappa shape index (κ3) is 2.94. The molecule has 0 bridgehead atoms. The summed E-state index contributed by atoms with van der Waals surface area (Å²) < 4.78 is 27.7. The summed E-state index contributed by atoms with van der Waals surface area (Å²) in [4.78, 5) is 15.8. The molecule has 0 amide bonds. The number of H-pyrrole nitrogens is 1. The summed E-state index contributed by atoms with van der Waals surface area (Å²) in [6.07, 6.45) is 9.45. The monoisotopic (exact) mass is 387 g/mol. The van der Waals surface area contributed by atoms with E-state index in [4.69, 9.17) is 0 Å². The van der Waals surface area contributed by atoms with Gasteiger partial charge in [-0.25, -0.2) is 18.4 Å². The molecule has 0 aromatic carbocycles. The van der Waals surface area contributed by atoms with E-state index < -0.39 is 15.6 Å². The van der Waals surface area contributed by atoms with Gasteiger partial charge < -0.3 is 9.98 Å². The first-order chi connectivity index (χ1) is 13.0. The minimum atomic E-state index is -3.21. The van der Waals surface area contributed by atoms with Crippen LogP contribution in [0.4, 0.5) is 0 Å². The van der Waals surface area contributed by atoms with E-state index in [0.29, 0.717) is 19.5 Å². The molecule has 0 saturated carbocycles. The highest BCUT2D eigenvalue weighted by molar-refractivity contribution is 7.89. The fourth-order valence-corrected chi connectivity index (χ4v) is 4.66. The Labute approximate surface area is 157 Å². The van der Waals surface area contributed by atoms with Crippen molar-refractivity contribution in [3.63, 3.8) is 0 Å². The van der Waals surface area contributed by atoms with Gasteiger partial charge in [-0.1, -0.05) is 0 Å². The first-order valence-electron chi connectivity index (χ1n) is 8.71. The number of fused-ring (bicyclic) bond motifs is 1. The van der Waals surface area contributed by atoms with Gasteiger partial charge in [0.2, 0.25) is 10.0 Å². The van der Waals surface area contributed by atoms with Crippen molar-refractivity contribution in [1.29, 1.82) is 0 Å². The third-order valence-corrected chi connectivity index (χ3v) is 6.82. The van der Waals surface area contributed by atoms with Crippen molar-refractivity contribution in [2.24, 2.45) is 4.99 Å². The topological polar surface area (TPSA) is 109 Å². The first kappa shape index (κ1) is 17.8. The number of aromatic amines is 1. The molecule has 0 atom stereocenters. The van der Waals surface area contributed by atoms with Crippen molar-refractivity contribution in [1.82, 2.24) is 29.0 Å². The molecule has 9 nitrogen and oxygen atoms in total. The lowest BCUT2D eigenvalue weighted by Crippen LogP contribution is -2.64. The Balaban J connectivity index is 1.68. The van der Waals surface area contributed by atoms with E-state index >= 15 is 0 Å². The fraction of sp³-hybridized carbons (Fsp3) is 0.412. The van der Waals surface area contributed by atoms with Crippen molar-refractivity contribution in [3.05, 3.63) is 31.0 Å². The van der Waals surface area contributed by atoms with E-state index in [1.807, 2.05) is 29.4 Å². The van der Waals surface area contributed by atoms with E-state index in [9.17, 15) is 8.42 Å². The van der Waals surface area contributed by atoms with E-state index in [2.05, 4.69) is 25.0 Å². The molecule has 1 saturated heterocycles. The average Bonchev–Trinajstić information content (AvgIpc) is 3.30. The van der Waals surface area contributed by atoms with Crippen molar-refractivity contribution in [2.75, 3.05) is 25.9 Å². The molecule has 10 heteroatoms. The molecular weight excluding hydrogens is 366 g/mol. The Morgan fingerprint density at radius 3 is 2.93 bits per heavy atom. The molecular formula is C17H21N7O2S. The molecule has 4 rings (SSSR count). The molecule has 27 heavy (non-hydrogen) atoms. The molecule has 0 unspecified atom stereocenters. The number of hydrogen-bond donors (Lipinski definition) is 1. The fourth-order valence-electron chi connectivity index (χ4n) is 3.43. The number of aliphatic imine (C=N–C) groups is 1. The summed E-state index contributed by atoms with van der Waals surface area (Å²) in [5.41, 5.74) is 2.00. The summed E-state index contributed by atoms with van der Waals surface area (Å²) >= 11 is 0. The second kappa shape index (κ2) is 6.54. The maximum atomic E-state index is 12.2. The smallest absolute Gasteiger partial charge is 0.213 e. The maximum absolute atomic E-state index is 12.2. The van der Waals surface area contributed by atoms with E-state index in [-0.39, 0.29) is 5.75 Å². The quantitative estimate of drug-likeness (QED) is 0.641. The lowest BCUT2D eigenvalue weighted by atomic mass is 9.89. The van der Waals surface area contributed by atoms with Crippen LogP contribution in [0.25, 0.3) is 22.3 Å².